The average molecular weight is 301 g/mol. The van der Waals surface area contributed by atoms with Gasteiger partial charge in [0.25, 0.3) is 0 Å². The Bertz CT molecular complexity index is 672. The smallest absolute Gasteiger partial charge is 0.223 e. The lowest BCUT2D eigenvalue weighted by atomic mass is 9.82. The zero-order valence-electron chi connectivity index (χ0n) is 13.0. The van der Waals surface area contributed by atoms with Gasteiger partial charge >= 0.3 is 0 Å². The molecule has 1 saturated carbocycles. The van der Waals surface area contributed by atoms with E-state index in [1.54, 1.807) is 0 Å². The highest BCUT2D eigenvalue weighted by atomic mass is 16.3. The number of rotatable bonds is 4. The Hall–Kier alpha value is -1.88. The molecule has 1 fully saturated rings. The minimum absolute atomic E-state index is 0.110. The fraction of sp³-hybridized carbons (Fsp3) is 0.529. The summed E-state index contributed by atoms with van der Waals surface area (Å²) in [6, 6.07) is 5.98. The molecule has 1 heterocycles. The standard InChI is InChI=1S/C17H23N3O2/c1-12-6-5-7-13-16(12)20-14(19-13)11-18-15(21)10-17(22)8-3-2-4-9-17/h5-7,22H,2-4,8-11H2,1H3,(H,18,21)(H,19,20). The monoisotopic (exact) mass is 301 g/mol. The molecule has 1 amide bonds. The quantitative estimate of drug-likeness (QED) is 0.812. The number of carbonyl (C=O) groups is 1. The summed E-state index contributed by atoms with van der Waals surface area (Å²) < 4.78 is 0. The second kappa shape index (κ2) is 6.08. The van der Waals surface area contributed by atoms with E-state index >= 15 is 0 Å². The van der Waals surface area contributed by atoms with Crippen molar-refractivity contribution in [1.82, 2.24) is 15.3 Å². The Morgan fingerprint density at radius 1 is 1.36 bits per heavy atom. The van der Waals surface area contributed by atoms with Crippen LogP contribution in [0.4, 0.5) is 0 Å². The molecule has 3 rings (SSSR count). The summed E-state index contributed by atoms with van der Waals surface area (Å²) >= 11 is 0. The van der Waals surface area contributed by atoms with Crippen LogP contribution >= 0.6 is 0 Å². The van der Waals surface area contributed by atoms with E-state index in [0.717, 1.165) is 54.5 Å². The predicted octanol–water partition coefficient (Wildman–Crippen LogP) is 2.57. The number of carbonyl (C=O) groups excluding carboxylic acids is 1. The average Bonchev–Trinajstić information content (AvgIpc) is 2.90. The highest BCUT2D eigenvalue weighted by Gasteiger charge is 2.31. The van der Waals surface area contributed by atoms with E-state index in [4.69, 9.17) is 0 Å². The maximum atomic E-state index is 12.1. The maximum Gasteiger partial charge on any atom is 0.223 e. The third-order valence-corrected chi connectivity index (χ3v) is 4.49. The summed E-state index contributed by atoms with van der Waals surface area (Å²) in [5.74, 6) is 0.634. The fourth-order valence-corrected chi connectivity index (χ4v) is 3.24. The second-order valence-electron chi connectivity index (χ2n) is 6.39. The Labute approximate surface area is 130 Å². The molecule has 0 radical (unpaired) electrons. The number of aryl methyl sites for hydroxylation is 1. The number of nitrogens with zero attached hydrogens (tertiary/aromatic N) is 1. The van der Waals surface area contributed by atoms with Crippen molar-refractivity contribution in [2.24, 2.45) is 0 Å². The van der Waals surface area contributed by atoms with Gasteiger partial charge in [-0.2, -0.15) is 0 Å². The molecule has 5 heteroatoms. The molecular formula is C17H23N3O2. The molecule has 3 N–H and O–H groups in total. The number of amides is 1. The van der Waals surface area contributed by atoms with Gasteiger partial charge in [-0.05, 0) is 31.4 Å². The van der Waals surface area contributed by atoms with Crippen molar-refractivity contribution in [1.29, 1.82) is 0 Å². The number of hydrogen-bond acceptors (Lipinski definition) is 3. The third-order valence-electron chi connectivity index (χ3n) is 4.49. The molecule has 0 spiro atoms. The van der Waals surface area contributed by atoms with Crippen LogP contribution in [0, 0.1) is 6.92 Å². The van der Waals surface area contributed by atoms with Gasteiger partial charge in [0.05, 0.1) is 29.6 Å². The lowest BCUT2D eigenvalue weighted by Gasteiger charge is -2.31. The second-order valence-corrected chi connectivity index (χ2v) is 6.39. The minimum Gasteiger partial charge on any atom is -0.389 e. The molecule has 0 aliphatic heterocycles. The van der Waals surface area contributed by atoms with Gasteiger partial charge in [-0.15, -0.1) is 0 Å². The van der Waals surface area contributed by atoms with Crippen LogP contribution in [0.1, 0.15) is 49.9 Å². The number of aliphatic hydroxyl groups is 1. The molecule has 1 aliphatic rings. The van der Waals surface area contributed by atoms with Crippen LogP contribution in [-0.2, 0) is 11.3 Å². The predicted molar refractivity (Wildman–Crippen MR) is 85.3 cm³/mol. The molecule has 22 heavy (non-hydrogen) atoms. The molecule has 0 saturated heterocycles. The van der Waals surface area contributed by atoms with Crippen molar-refractivity contribution < 1.29 is 9.90 Å². The summed E-state index contributed by atoms with van der Waals surface area (Å²) in [6.45, 7) is 2.38. The molecule has 118 valence electrons. The van der Waals surface area contributed by atoms with Crippen LogP contribution in [-0.4, -0.2) is 26.6 Å². The molecule has 1 aliphatic carbocycles. The van der Waals surface area contributed by atoms with E-state index in [0.29, 0.717) is 6.54 Å². The van der Waals surface area contributed by atoms with Crippen molar-refractivity contribution in [3.63, 3.8) is 0 Å². The summed E-state index contributed by atoms with van der Waals surface area (Å²) in [6.07, 6.45) is 4.81. The number of nitrogens with one attached hydrogen (secondary N) is 2. The van der Waals surface area contributed by atoms with E-state index < -0.39 is 5.60 Å². The number of para-hydroxylation sites is 1. The SMILES string of the molecule is Cc1cccc2[nH]c(CNC(=O)CC3(O)CCCCC3)nc12. The first-order chi connectivity index (χ1) is 10.6. The van der Waals surface area contributed by atoms with Gasteiger partial charge in [0.15, 0.2) is 0 Å². The summed E-state index contributed by atoms with van der Waals surface area (Å²) in [7, 11) is 0. The van der Waals surface area contributed by atoms with Crippen LogP contribution in [0.15, 0.2) is 18.2 Å². The van der Waals surface area contributed by atoms with Crippen molar-refractivity contribution in [3.8, 4) is 0 Å². The van der Waals surface area contributed by atoms with Crippen molar-refractivity contribution >= 4 is 16.9 Å². The van der Waals surface area contributed by atoms with Crippen LogP contribution in [0.3, 0.4) is 0 Å². The summed E-state index contributed by atoms with van der Waals surface area (Å²) in [5, 5.41) is 13.3. The molecule has 0 unspecified atom stereocenters. The van der Waals surface area contributed by atoms with E-state index in [1.807, 2.05) is 25.1 Å². The minimum atomic E-state index is -0.813. The van der Waals surface area contributed by atoms with Crippen molar-refractivity contribution in [3.05, 3.63) is 29.6 Å². The maximum absolute atomic E-state index is 12.1. The first-order valence-electron chi connectivity index (χ1n) is 7.99. The van der Waals surface area contributed by atoms with Crippen molar-refractivity contribution in [2.45, 2.75) is 57.6 Å². The van der Waals surface area contributed by atoms with E-state index in [9.17, 15) is 9.90 Å². The molecule has 0 atom stereocenters. The lowest BCUT2D eigenvalue weighted by Crippen LogP contribution is -2.38. The van der Waals surface area contributed by atoms with Gasteiger partial charge < -0.3 is 15.4 Å². The van der Waals surface area contributed by atoms with E-state index in [1.165, 1.54) is 0 Å². The van der Waals surface area contributed by atoms with E-state index in [2.05, 4.69) is 15.3 Å². The summed E-state index contributed by atoms with van der Waals surface area (Å²) in [5.41, 5.74) is 2.22. The number of imidazole rings is 1. The van der Waals surface area contributed by atoms with Crippen LogP contribution in [0.2, 0.25) is 0 Å². The van der Waals surface area contributed by atoms with Gasteiger partial charge in [-0.3, -0.25) is 4.79 Å². The van der Waals surface area contributed by atoms with Crippen LogP contribution in [0.25, 0.3) is 11.0 Å². The Morgan fingerprint density at radius 3 is 2.86 bits per heavy atom. The van der Waals surface area contributed by atoms with Gasteiger partial charge in [-0.1, -0.05) is 31.4 Å². The summed E-state index contributed by atoms with van der Waals surface area (Å²) in [4.78, 5) is 19.8. The molecule has 1 aromatic heterocycles. The van der Waals surface area contributed by atoms with Gasteiger partial charge in [0.1, 0.15) is 5.82 Å². The normalized spacial score (nSPS) is 17.5. The number of aromatic amines is 1. The first-order valence-corrected chi connectivity index (χ1v) is 7.99. The van der Waals surface area contributed by atoms with E-state index in [-0.39, 0.29) is 12.3 Å². The van der Waals surface area contributed by atoms with Gasteiger partial charge in [-0.25, -0.2) is 4.98 Å². The number of aromatic nitrogens is 2. The third kappa shape index (κ3) is 3.30. The van der Waals surface area contributed by atoms with Crippen LogP contribution in [0.5, 0.6) is 0 Å². The zero-order chi connectivity index (χ0) is 15.6. The fourth-order valence-electron chi connectivity index (χ4n) is 3.24. The number of hydrogen-bond donors (Lipinski definition) is 3. The largest absolute Gasteiger partial charge is 0.389 e. The highest BCUT2D eigenvalue weighted by molar-refractivity contribution is 5.79. The lowest BCUT2D eigenvalue weighted by molar-refractivity contribution is -0.127. The van der Waals surface area contributed by atoms with Crippen molar-refractivity contribution in [2.75, 3.05) is 0 Å². The Morgan fingerprint density at radius 2 is 2.14 bits per heavy atom. The van der Waals surface area contributed by atoms with Gasteiger partial charge in [0.2, 0.25) is 5.91 Å². The van der Waals surface area contributed by atoms with Crippen LogP contribution < -0.4 is 5.32 Å². The van der Waals surface area contributed by atoms with Gasteiger partial charge in [0, 0.05) is 0 Å². The molecular weight excluding hydrogens is 278 g/mol. The topological polar surface area (TPSA) is 78.0 Å². The number of H-pyrrole nitrogens is 1. The molecule has 1 aromatic carbocycles. The Balaban J connectivity index is 1.59. The Kier molecular flexibility index (Phi) is 4.16. The number of fused-ring (bicyclic) bond motifs is 1. The molecule has 5 nitrogen and oxygen atoms in total. The molecule has 0 bridgehead atoms. The zero-order valence-corrected chi connectivity index (χ0v) is 13.0. The first kappa shape index (κ1) is 15.0. The number of benzene rings is 1. The molecule has 2 aromatic rings. The highest BCUT2D eigenvalue weighted by Crippen LogP contribution is 2.30.